The van der Waals surface area contributed by atoms with Crippen LogP contribution in [0.3, 0.4) is 0 Å². The predicted molar refractivity (Wildman–Crippen MR) is 172 cm³/mol. The fourth-order valence-electron chi connectivity index (χ4n) is 11.0. The number of aliphatic hydroxyl groups is 3. The van der Waals surface area contributed by atoms with Gasteiger partial charge in [0.15, 0.2) is 0 Å². The van der Waals surface area contributed by atoms with Crippen LogP contribution < -0.4 is 5.32 Å². The Morgan fingerprint density at radius 2 is 1.65 bits per heavy atom. The van der Waals surface area contributed by atoms with Crippen molar-refractivity contribution < 1.29 is 20.1 Å². The zero-order chi connectivity index (χ0) is 30.1. The van der Waals surface area contributed by atoms with Crippen molar-refractivity contribution in [3.63, 3.8) is 0 Å². The fraction of sp³-hybridized carbons (Fsp3) is 0.605. The minimum atomic E-state index is -0.400. The molecule has 4 N–H and O–H groups in total. The maximum atomic E-state index is 13.3. The summed E-state index contributed by atoms with van der Waals surface area (Å²) in [5.41, 5.74) is 0.698. The molecule has 0 spiro atoms. The van der Waals surface area contributed by atoms with Gasteiger partial charge in [0.2, 0.25) is 5.91 Å². The Hall–Kier alpha value is -2.47. The van der Waals surface area contributed by atoms with Gasteiger partial charge in [-0.3, -0.25) is 4.79 Å². The second-order valence-electron chi connectivity index (χ2n) is 15.3. The van der Waals surface area contributed by atoms with E-state index in [0.29, 0.717) is 36.0 Å². The van der Waals surface area contributed by atoms with Gasteiger partial charge in [-0.25, -0.2) is 0 Å². The van der Waals surface area contributed by atoms with E-state index >= 15 is 0 Å². The van der Waals surface area contributed by atoms with Crippen molar-refractivity contribution in [2.75, 3.05) is 5.32 Å². The molecule has 11 atom stereocenters. The minimum Gasteiger partial charge on any atom is -0.393 e. The van der Waals surface area contributed by atoms with E-state index in [1.54, 1.807) is 0 Å². The normalized spacial score (nSPS) is 39.6. The highest BCUT2D eigenvalue weighted by Gasteiger charge is 2.65. The number of amides is 1. The molecule has 0 aliphatic heterocycles. The van der Waals surface area contributed by atoms with Crippen LogP contribution in [0.5, 0.6) is 0 Å². The Morgan fingerprint density at radius 1 is 0.907 bits per heavy atom. The average Bonchev–Trinajstić information content (AvgIpc) is 3.35. The molecule has 0 aromatic heterocycles. The molecule has 0 saturated heterocycles. The van der Waals surface area contributed by atoms with Gasteiger partial charge in [-0.1, -0.05) is 57.2 Å². The summed E-state index contributed by atoms with van der Waals surface area (Å²) >= 11 is 0. The zero-order valence-corrected chi connectivity index (χ0v) is 26.0. The molecule has 0 bridgehead atoms. The van der Waals surface area contributed by atoms with Gasteiger partial charge < -0.3 is 20.6 Å². The Labute approximate surface area is 256 Å². The van der Waals surface area contributed by atoms with Crippen LogP contribution in [0.15, 0.2) is 54.6 Å². The molecule has 230 valence electrons. The number of fused-ring (bicyclic) bond motifs is 7. The molecule has 5 unspecified atom stereocenters. The maximum absolute atomic E-state index is 13.3. The maximum Gasteiger partial charge on any atom is 0.224 e. The third-order valence-electron chi connectivity index (χ3n) is 13.4. The number of benzene rings is 3. The van der Waals surface area contributed by atoms with E-state index < -0.39 is 6.10 Å². The number of aliphatic hydroxyl groups excluding tert-OH is 3. The third-order valence-corrected chi connectivity index (χ3v) is 13.4. The molecule has 0 radical (unpaired) electrons. The van der Waals surface area contributed by atoms with Crippen molar-refractivity contribution in [3.05, 3.63) is 54.6 Å². The van der Waals surface area contributed by atoms with Crippen molar-refractivity contribution >= 4 is 33.1 Å². The van der Waals surface area contributed by atoms with Crippen LogP contribution in [0.1, 0.15) is 78.6 Å². The average molecular weight is 584 g/mol. The monoisotopic (exact) mass is 583 g/mol. The van der Waals surface area contributed by atoms with Gasteiger partial charge in [0.05, 0.1) is 18.3 Å². The van der Waals surface area contributed by atoms with Gasteiger partial charge in [0.1, 0.15) is 0 Å². The van der Waals surface area contributed by atoms with Crippen molar-refractivity contribution in [1.29, 1.82) is 0 Å². The summed E-state index contributed by atoms with van der Waals surface area (Å²) in [6, 6.07) is 18.8. The SMILES string of the molecule is CC(CCC(=O)Nc1cccc2cc3ccccc3cc12)[C@H]1CCC2C3C(C[C@H](O)[C@@]21C)[C@@]1(C)CC[C@@H](O)CC1C[C@H]3O. The molecule has 43 heavy (non-hydrogen) atoms. The number of anilines is 1. The summed E-state index contributed by atoms with van der Waals surface area (Å²) < 4.78 is 0. The second kappa shape index (κ2) is 10.9. The van der Waals surface area contributed by atoms with Crippen LogP contribution in [-0.2, 0) is 4.79 Å². The predicted octanol–water partition coefficient (Wildman–Crippen LogP) is 7.31. The Bertz CT molecular complexity index is 1520. The van der Waals surface area contributed by atoms with Crippen molar-refractivity contribution in [2.24, 2.45) is 46.3 Å². The highest BCUT2D eigenvalue weighted by molar-refractivity contribution is 6.07. The smallest absolute Gasteiger partial charge is 0.224 e. The molecule has 4 saturated carbocycles. The summed E-state index contributed by atoms with van der Waals surface area (Å²) in [7, 11) is 0. The van der Waals surface area contributed by atoms with Gasteiger partial charge in [0, 0.05) is 17.5 Å². The lowest BCUT2D eigenvalue weighted by molar-refractivity contribution is -0.207. The number of hydrogen-bond donors (Lipinski definition) is 4. The fourth-order valence-corrected chi connectivity index (χ4v) is 11.0. The van der Waals surface area contributed by atoms with Crippen molar-refractivity contribution in [2.45, 2.75) is 96.9 Å². The quantitative estimate of drug-likeness (QED) is 0.237. The Morgan fingerprint density at radius 3 is 2.44 bits per heavy atom. The number of carbonyl (C=O) groups excluding carboxylic acids is 1. The largest absolute Gasteiger partial charge is 0.393 e. The highest BCUT2D eigenvalue weighted by atomic mass is 16.3. The minimum absolute atomic E-state index is 0.0395. The van der Waals surface area contributed by atoms with Gasteiger partial charge >= 0.3 is 0 Å². The molecular weight excluding hydrogens is 534 g/mol. The van der Waals surface area contributed by atoms with Gasteiger partial charge in [-0.2, -0.15) is 0 Å². The molecule has 5 nitrogen and oxygen atoms in total. The highest BCUT2D eigenvalue weighted by Crippen LogP contribution is 2.68. The van der Waals surface area contributed by atoms with E-state index in [2.05, 4.69) is 56.4 Å². The molecule has 3 aromatic carbocycles. The first-order valence-corrected chi connectivity index (χ1v) is 16.8. The second-order valence-corrected chi connectivity index (χ2v) is 15.3. The molecule has 1 amide bonds. The Kier molecular flexibility index (Phi) is 7.38. The first-order valence-electron chi connectivity index (χ1n) is 16.8. The summed E-state index contributed by atoms with van der Waals surface area (Å²) in [6.45, 7) is 6.94. The van der Waals surface area contributed by atoms with Crippen molar-refractivity contribution in [1.82, 2.24) is 0 Å². The Balaban J connectivity index is 1.04. The van der Waals surface area contributed by atoms with Gasteiger partial charge in [-0.05, 0) is 132 Å². The van der Waals surface area contributed by atoms with Crippen LogP contribution in [0, 0.1) is 46.3 Å². The number of nitrogens with one attached hydrogen (secondary N) is 1. The standard InChI is InChI=1S/C38H49NO4/c1-22(11-14-35(43)39-32-10-6-9-25-17-23-7-4-5-8-24(23)18-28(25)32)29-12-13-30-36-31(21-34(42)38(29,30)3)37(2)16-15-27(40)19-26(37)20-33(36)41/h4-10,17-18,22,26-27,29-31,33-34,36,40-42H,11-16,19-21H2,1-3H3,(H,39,43)/t22?,26?,27-,29-,30?,31?,33-,34+,36?,37+,38-/m1/s1. The molecule has 5 heteroatoms. The molecule has 0 heterocycles. The van der Waals surface area contributed by atoms with Crippen LogP contribution in [-0.4, -0.2) is 39.5 Å². The first kappa shape index (κ1) is 29.3. The summed E-state index contributed by atoms with van der Waals surface area (Å²) in [4.78, 5) is 13.3. The molecule has 3 aromatic rings. The molecule has 7 rings (SSSR count). The first-order chi connectivity index (χ1) is 20.6. The van der Waals surface area contributed by atoms with E-state index in [1.165, 1.54) is 5.39 Å². The van der Waals surface area contributed by atoms with E-state index in [9.17, 15) is 20.1 Å². The molecule has 4 fully saturated rings. The van der Waals surface area contributed by atoms with Crippen LogP contribution in [0.25, 0.3) is 21.5 Å². The lowest BCUT2D eigenvalue weighted by Gasteiger charge is -2.63. The number of carbonyl (C=O) groups is 1. The van der Waals surface area contributed by atoms with E-state index in [1.807, 2.05) is 24.3 Å². The molecule has 4 aliphatic rings. The van der Waals surface area contributed by atoms with Gasteiger partial charge in [-0.15, -0.1) is 0 Å². The van der Waals surface area contributed by atoms with E-state index in [-0.39, 0.29) is 34.9 Å². The number of hydrogen-bond acceptors (Lipinski definition) is 4. The lowest BCUT2D eigenvalue weighted by atomic mass is 9.43. The summed E-state index contributed by atoms with van der Waals surface area (Å²) in [5.74, 6) is 1.82. The summed E-state index contributed by atoms with van der Waals surface area (Å²) in [5, 5.41) is 41.6. The van der Waals surface area contributed by atoms with E-state index in [4.69, 9.17) is 0 Å². The zero-order valence-electron chi connectivity index (χ0n) is 26.0. The third kappa shape index (κ3) is 4.73. The van der Waals surface area contributed by atoms with Gasteiger partial charge in [0.25, 0.3) is 0 Å². The van der Waals surface area contributed by atoms with Crippen LogP contribution in [0.2, 0.25) is 0 Å². The van der Waals surface area contributed by atoms with Crippen molar-refractivity contribution in [3.8, 4) is 0 Å². The molecular formula is C38H49NO4. The topological polar surface area (TPSA) is 89.8 Å². The number of rotatable bonds is 5. The summed E-state index contributed by atoms with van der Waals surface area (Å²) in [6.07, 6.45) is 6.45. The lowest BCUT2D eigenvalue weighted by Crippen LogP contribution is -2.62. The molecule has 4 aliphatic carbocycles. The van der Waals surface area contributed by atoms with Crippen LogP contribution >= 0.6 is 0 Å². The van der Waals surface area contributed by atoms with E-state index in [0.717, 1.165) is 73.2 Å². The van der Waals surface area contributed by atoms with Crippen LogP contribution in [0.4, 0.5) is 5.69 Å².